The Kier molecular flexibility index (Phi) is 4.67. The Morgan fingerprint density at radius 1 is 0.593 bits per heavy atom. The van der Waals surface area contributed by atoms with Crippen LogP contribution in [0.3, 0.4) is 0 Å². The van der Waals surface area contributed by atoms with Crippen LogP contribution in [-0.2, 0) is 0 Å². The Morgan fingerprint density at radius 3 is 1.48 bits per heavy atom. The molecule has 4 nitrogen and oxygen atoms in total. The van der Waals surface area contributed by atoms with Crippen LogP contribution in [0.2, 0.25) is 0 Å². The van der Waals surface area contributed by atoms with E-state index in [0.717, 1.165) is 16.7 Å². The van der Waals surface area contributed by atoms with Gasteiger partial charge in [0.1, 0.15) is 5.92 Å². The number of aromatic nitrogens is 3. The van der Waals surface area contributed by atoms with Gasteiger partial charge in [-0.15, -0.1) is 0 Å². The summed E-state index contributed by atoms with van der Waals surface area (Å²) in [5, 5.41) is 9.81. The van der Waals surface area contributed by atoms with Crippen LogP contribution in [0.25, 0.3) is 22.8 Å². The van der Waals surface area contributed by atoms with Crippen LogP contribution in [0, 0.1) is 11.3 Å². The molecule has 1 aromatic heterocycles. The largest absolute Gasteiger partial charge is 0.211 e. The number of nitriles is 1. The van der Waals surface area contributed by atoms with E-state index in [1.807, 2.05) is 91.0 Å². The van der Waals surface area contributed by atoms with Crippen LogP contribution in [0.1, 0.15) is 17.3 Å². The Hall–Kier alpha value is -3.84. The highest BCUT2D eigenvalue weighted by Crippen LogP contribution is 2.26. The van der Waals surface area contributed by atoms with Crippen molar-refractivity contribution in [3.8, 4) is 28.8 Å². The Labute approximate surface area is 157 Å². The maximum absolute atomic E-state index is 9.81. The van der Waals surface area contributed by atoms with Crippen molar-refractivity contribution in [2.75, 3.05) is 0 Å². The average molecular weight is 348 g/mol. The zero-order valence-corrected chi connectivity index (χ0v) is 14.5. The summed E-state index contributed by atoms with van der Waals surface area (Å²) < 4.78 is 0. The lowest BCUT2D eigenvalue weighted by atomic mass is 10.00. The van der Waals surface area contributed by atoms with Gasteiger partial charge in [0, 0.05) is 11.1 Å². The van der Waals surface area contributed by atoms with E-state index >= 15 is 0 Å². The minimum Gasteiger partial charge on any atom is -0.211 e. The maximum Gasteiger partial charge on any atom is 0.163 e. The second kappa shape index (κ2) is 7.59. The first-order valence-electron chi connectivity index (χ1n) is 8.66. The third-order valence-electron chi connectivity index (χ3n) is 4.24. The summed E-state index contributed by atoms with van der Waals surface area (Å²) in [4.78, 5) is 13.9. The highest BCUT2D eigenvalue weighted by atomic mass is 15.0. The van der Waals surface area contributed by atoms with Crippen LogP contribution in [0.5, 0.6) is 0 Å². The van der Waals surface area contributed by atoms with Crippen molar-refractivity contribution in [3.05, 3.63) is 102 Å². The smallest absolute Gasteiger partial charge is 0.163 e. The summed E-state index contributed by atoms with van der Waals surface area (Å²) in [6.07, 6.45) is 0. The molecule has 4 aromatic rings. The zero-order chi connectivity index (χ0) is 18.5. The van der Waals surface area contributed by atoms with Crippen LogP contribution in [0.4, 0.5) is 0 Å². The third-order valence-corrected chi connectivity index (χ3v) is 4.24. The molecular weight excluding hydrogens is 332 g/mol. The predicted octanol–water partition coefficient (Wildman–Crippen LogP) is 4.86. The van der Waals surface area contributed by atoms with Gasteiger partial charge in [-0.3, -0.25) is 0 Å². The predicted molar refractivity (Wildman–Crippen MR) is 105 cm³/mol. The topological polar surface area (TPSA) is 62.5 Å². The minimum absolute atomic E-state index is 0.455. The second-order valence-corrected chi connectivity index (χ2v) is 6.05. The molecule has 27 heavy (non-hydrogen) atoms. The molecule has 4 heteroatoms. The molecule has 0 saturated carbocycles. The van der Waals surface area contributed by atoms with Gasteiger partial charge >= 0.3 is 0 Å². The number of benzene rings is 3. The third kappa shape index (κ3) is 3.58. The van der Waals surface area contributed by atoms with Gasteiger partial charge in [0.15, 0.2) is 17.5 Å². The molecular formula is C23H16N4. The number of hydrogen-bond donors (Lipinski definition) is 0. The van der Waals surface area contributed by atoms with Gasteiger partial charge in [0.05, 0.1) is 6.07 Å². The minimum atomic E-state index is -0.556. The Morgan fingerprint density at radius 2 is 1.04 bits per heavy atom. The summed E-state index contributed by atoms with van der Waals surface area (Å²) >= 11 is 0. The number of rotatable bonds is 4. The van der Waals surface area contributed by atoms with E-state index in [0.29, 0.717) is 17.5 Å². The molecule has 0 aliphatic carbocycles. The van der Waals surface area contributed by atoms with Crippen molar-refractivity contribution in [2.45, 2.75) is 5.92 Å². The lowest BCUT2D eigenvalue weighted by Gasteiger charge is -2.12. The van der Waals surface area contributed by atoms with E-state index in [1.54, 1.807) is 0 Å². The van der Waals surface area contributed by atoms with Crippen LogP contribution >= 0.6 is 0 Å². The molecule has 0 bridgehead atoms. The molecule has 0 spiro atoms. The first kappa shape index (κ1) is 16.6. The van der Waals surface area contributed by atoms with Gasteiger partial charge in [0.2, 0.25) is 0 Å². The molecule has 4 rings (SSSR count). The van der Waals surface area contributed by atoms with Crippen LogP contribution in [-0.4, -0.2) is 15.0 Å². The van der Waals surface area contributed by atoms with Gasteiger partial charge in [-0.2, -0.15) is 5.26 Å². The fraction of sp³-hybridized carbons (Fsp3) is 0.0435. The van der Waals surface area contributed by atoms with Crippen molar-refractivity contribution in [1.29, 1.82) is 5.26 Å². The number of hydrogen-bond acceptors (Lipinski definition) is 4. The molecule has 0 aliphatic rings. The normalized spacial score (nSPS) is 11.5. The second-order valence-electron chi connectivity index (χ2n) is 6.05. The summed E-state index contributed by atoms with van der Waals surface area (Å²) in [5.74, 6) is 1.03. The number of nitrogens with zero attached hydrogens (tertiary/aromatic N) is 4. The average Bonchev–Trinajstić information content (AvgIpc) is 2.76. The first-order valence-corrected chi connectivity index (χ1v) is 8.66. The molecule has 1 heterocycles. The Bertz CT molecular complexity index is 1010. The maximum atomic E-state index is 9.81. The molecule has 0 fully saturated rings. The highest BCUT2D eigenvalue weighted by molar-refractivity contribution is 5.61. The molecule has 0 aliphatic heterocycles. The molecule has 0 radical (unpaired) electrons. The van der Waals surface area contributed by atoms with E-state index in [9.17, 15) is 5.26 Å². The van der Waals surface area contributed by atoms with Crippen molar-refractivity contribution in [2.24, 2.45) is 0 Å². The van der Waals surface area contributed by atoms with Gasteiger partial charge in [-0.25, -0.2) is 15.0 Å². The summed E-state index contributed by atoms with van der Waals surface area (Å²) in [6.45, 7) is 0. The first-order chi connectivity index (χ1) is 13.3. The van der Waals surface area contributed by atoms with Gasteiger partial charge in [0.25, 0.3) is 0 Å². The Balaban J connectivity index is 1.90. The van der Waals surface area contributed by atoms with Gasteiger partial charge < -0.3 is 0 Å². The van der Waals surface area contributed by atoms with Crippen molar-refractivity contribution >= 4 is 0 Å². The molecule has 0 N–H and O–H groups in total. The van der Waals surface area contributed by atoms with Gasteiger partial charge in [-0.1, -0.05) is 91.0 Å². The summed E-state index contributed by atoms with van der Waals surface area (Å²) in [7, 11) is 0. The lowest BCUT2D eigenvalue weighted by Crippen LogP contribution is -2.08. The van der Waals surface area contributed by atoms with E-state index < -0.39 is 5.92 Å². The van der Waals surface area contributed by atoms with Crippen LogP contribution < -0.4 is 0 Å². The monoisotopic (exact) mass is 348 g/mol. The van der Waals surface area contributed by atoms with Gasteiger partial charge in [-0.05, 0) is 5.56 Å². The van der Waals surface area contributed by atoms with Crippen molar-refractivity contribution in [3.63, 3.8) is 0 Å². The standard InChI is InChI=1S/C23H16N4/c24-16-20(17-10-4-1-5-11-17)23-26-21(18-12-6-2-7-13-18)25-22(27-23)19-14-8-3-9-15-19/h1-15,20H. The highest BCUT2D eigenvalue weighted by Gasteiger charge is 2.20. The molecule has 1 atom stereocenters. The fourth-order valence-corrected chi connectivity index (χ4v) is 2.88. The summed E-state index contributed by atoms with van der Waals surface area (Å²) in [5.41, 5.74) is 2.65. The lowest BCUT2D eigenvalue weighted by molar-refractivity contribution is 0.870. The zero-order valence-electron chi connectivity index (χ0n) is 14.5. The SMILES string of the molecule is N#CC(c1ccccc1)c1nc(-c2ccccc2)nc(-c2ccccc2)n1. The van der Waals surface area contributed by atoms with E-state index in [4.69, 9.17) is 0 Å². The fourth-order valence-electron chi connectivity index (χ4n) is 2.88. The van der Waals surface area contributed by atoms with Crippen molar-refractivity contribution < 1.29 is 0 Å². The summed E-state index contributed by atoms with van der Waals surface area (Å²) in [6, 6.07) is 31.4. The van der Waals surface area contributed by atoms with E-state index in [-0.39, 0.29) is 0 Å². The van der Waals surface area contributed by atoms with E-state index in [1.165, 1.54) is 0 Å². The van der Waals surface area contributed by atoms with E-state index in [2.05, 4.69) is 21.0 Å². The molecule has 0 saturated heterocycles. The molecule has 3 aromatic carbocycles. The molecule has 128 valence electrons. The molecule has 1 unspecified atom stereocenters. The quantitative estimate of drug-likeness (QED) is 0.528. The van der Waals surface area contributed by atoms with Crippen LogP contribution in [0.15, 0.2) is 91.0 Å². The van der Waals surface area contributed by atoms with Crippen molar-refractivity contribution in [1.82, 2.24) is 15.0 Å². The molecule has 0 amide bonds.